The second-order valence-electron chi connectivity index (χ2n) is 5.15. The lowest BCUT2D eigenvalue weighted by atomic mass is 10.1. The number of nitrogens with zero attached hydrogens (tertiary/aromatic N) is 1. The molecule has 2 aromatic carbocycles. The van der Waals surface area contributed by atoms with Gasteiger partial charge in [-0.05, 0) is 37.1 Å². The number of benzene rings is 2. The number of rotatable bonds is 4. The van der Waals surface area contributed by atoms with E-state index in [1.807, 2.05) is 26.0 Å². The van der Waals surface area contributed by atoms with Gasteiger partial charge < -0.3 is 0 Å². The predicted molar refractivity (Wildman–Crippen MR) is 82.6 cm³/mol. The minimum atomic E-state index is -1.09. The first-order valence-corrected chi connectivity index (χ1v) is 8.07. The lowest BCUT2D eigenvalue weighted by molar-refractivity contribution is 0.623. The highest BCUT2D eigenvalue weighted by molar-refractivity contribution is 7.83. The van der Waals surface area contributed by atoms with Gasteiger partial charge in [-0.1, -0.05) is 35.4 Å². The van der Waals surface area contributed by atoms with E-state index in [2.05, 4.69) is 6.07 Å². The second kappa shape index (κ2) is 6.64. The van der Waals surface area contributed by atoms with Crippen molar-refractivity contribution in [1.82, 2.24) is 0 Å². The molecule has 0 amide bonds. The molecule has 0 aliphatic heterocycles. The van der Waals surface area contributed by atoms with Crippen molar-refractivity contribution in [1.29, 1.82) is 5.26 Å². The Morgan fingerprint density at radius 1 is 1.05 bits per heavy atom. The number of halogens is 1. The van der Waals surface area contributed by atoms with Crippen molar-refractivity contribution in [2.45, 2.75) is 25.4 Å². The van der Waals surface area contributed by atoms with Crippen molar-refractivity contribution < 1.29 is 8.60 Å². The van der Waals surface area contributed by atoms with Crippen molar-refractivity contribution in [3.8, 4) is 6.07 Å². The molecule has 2 nitrogen and oxygen atoms in total. The molecule has 0 heterocycles. The van der Waals surface area contributed by atoms with E-state index in [4.69, 9.17) is 5.26 Å². The van der Waals surface area contributed by atoms with E-state index in [1.165, 1.54) is 12.1 Å². The maximum absolute atomic E-state index is 13.2. The summed E-state index contributed by atoms with van der Waals surface area (Å²) >= 11 is 0. The van der Waals surface area contributed by atoms with Gasteiger partial charge in [-0.2, -0.15) is 5.26 Å². The van der Waals surface area contributed by atoms with Crippen LogP contribution >= 0.6 is 0 Å². The molecule has 1 atom stereocenters. The Kier molecular flexibility index (Phi) is 4.87. The van der Waals surface area contributed by atoms with Crippen LogP contribution in [0, 0.1) is 31.0 Å². The highest BCUT2D eigenvalue weighted by Gasteiger charge is 2.08. The second-order valence-corrected chi connectivity index (χ2v) is 6.61. The summed E-state index contributed by atoms with van der Waals surface area (Å²) in [6, 6.07) is 12.2. The molecule has 0 saturated carbocycles. The molecule has 0 saturated heterocycles. The molecule has 0 aromatic heterocycles. The molecule has 21 heavy (non-hydrogen) atoms. The zero-order valence-corrected chi connectivity index (χ0v) is 12.8. The van der Waals surface area contributed by atoms with Crippen LogP contribution in [-0.4, -0.2) is 4.21 Å². The fraction of sp³-hybridized carbons (Fsp3) is 0.235. The molecule has 0 spiro atoms. The van der Waals surface area contributed by atoms with E-state index in [9.17, 15) is 8.60 Å². The molecule has 0 aliphatic carbocycles. The summed E-state index contributed by atoms with van der Waals surface area (Å²) in [7, 11) is -1.09. The molecule has 2 aromatic rings. The quantitative estimate of drug-likeness (QED) is 0.862. The topological polar surface area (TPSA) is 40.9 Å². The minimum Gasteiger partial charge on any atom is -0.259 e. The third-order valence-electron chi connectivity index (χ3n) is 3.09. The third kappa shape index (κ3) is 4.24. The Balaban J connectivity index is 2.10. The van der Waals surface area contributed by atoms with Crippen molar-refractivity contribution in [3.63, 3.8) is 0 Å². The zero-order valence-electron chi connectivity index (χ0n) is 12.0. The first-order valence-electron chi connectivity index (χ1n) is 6.58. The van der Waals surface area contributed by atoms with Crippen LogP contribution in [0.4, 0.5) is 4.39 Å². The first kappa shape index (κ1) is 15.4. The van der Waals surface area contributed by atoms with Gasteiger partial charge >= 0.3 is 0 Å². The third-order valence-corrected chi connectivity index (χ3v) is 4.40. The van der Waals surface area contributed by atoms with Gasteiger partial charge in [0.2, 0.25) is 0 Å². The van der Waals surface area contributed by atoms with Crippen LogP contribution in [0.5, 0.6) is 0 Å². The van der Waals surface area contributed by atoms with Gasteiger partial charge in [0.15, 0.2) is 0 Å². The first-order chi connectivity index (χ1) is 9.97. The maximum Gasteiger partial charge on any atom is 0.140 e. The van der Waals surface area contributed by atoms with Crippen molar-refractivity contribution in [2.75, 3.05) is 0 Å². The number of hydrogen-bond acceptors (Lipinski definition) is 2. The number of nitriles is 1. The van der Waals surface area contributed by atoms with Crippen LogP contribution in [0.3, 0.4) is 0 Å². The Morgan fingerprint density at radius 2 is 1.67 bits per heavy atom. The molecule has 2 rings (SSSR count). The van der Waals surface area contributed by atoms with Crippen LogP contribution in [0.1, 0.15) is 27.8 Å². The standard InChI is InChI=1S/C17H16FNOS/c1-12-5-13(2)7-15(6-12)11-21(20)10-14-3-4-17(18)16(8-14)9-19/h3-8H,10-11H2,1-2H3. The molecule has 108 valence electrons. The van der Waals surface area contributed by atoms with E-state index in [0.29, 0.717) is 11.5 Å². The van der Waals surface area contributed by atoms with Crippen LogP contribution < -0.4 is 0 Å². The summed E-state index contributed by atoms with van der Waals surface area (Å²) < 4.78 is 25.5. The fourth-order valence-electron chi connectivity index (χ4n) is 2.32. The van der Waals surface area contributed by atoms with Gasteiger partial charge in [-0.15, -0.1) is 0 Å². The molecule has 1 unspecified atom stereocenters. The van der Waals surface area contributed by atoms with E-state index in [-0.39, 0.29) is 5.56 Å². The van der Waals surface area contributed by atoms with Gasteiger partial charge in [0.25, 0.3) is 0 Å². The van der Waals surface area contributed by atoms with E-state index in [0.717, 1.165) is 22.3 Å². The summed E-state index contributed by atoms with van der Waals surface area (Å²) in [5, 5.41) is 8.81. The van der Waals surface area contributed by atoms with Crippen LogP contribution in [0.15, 0.2) is 36.4 Å². The Hall–Kier alpha value is -1.99. The molecule has 0 aliphatic rings. The van der Waals surface area contributed by atoms with Gasteiger partial charge in [0.05, 0.1) is 5.56 Å². The summed E-state index contributed by atoms with van der Waals surface area (Å²) in [4.78, 5) is 0. The molecule has 0 radical (unpaired) electrons. The average Bonchev–Trinajstić information content (AvgIpc) is 2.39. The SMILES string of the molecule is Cc1cc(C)cc(CS(=O)Cc2ccc(F)c(C#N)c2)c1. The van der Waals surface area contributed by atoms with Crippen LogP contribution in [-0.2, 0) is 22.3 Å². The minimum absolute atomic E-state index is 0.00380. The highest BCUT2D eigenvalue weighted by atomic mass is 32.2. The van der Waals surface area contributed by atoms with Crippen molar-refractivity contribution in [3.05, 3.63) is 70.0 Å². The number of hydrogen-bond donors (Lipinski definition) is 0. The average molecular weight is 301 g/mol. The van der Waals surface area contributed by atoms with Crippen LogP contribution in [0.2, 0.25) is 0 Å². The summed E-state index contributed by atoms with van der Waals surface area (Å²) in [5.74, 6) is 0.241. The fourth-order valence-corrected chi connectivity index (χ4v) is 3.51. The highest BCUT2D eigenvalue weighted by Crippen LogP contribution is 2.15. The summed E-state index contributed by atoms with van der Waals surface area (Å²) in [6.45, 7) is 4.02. The largest absolute Gasteiger partial charge is 0.259 e. The maximum atomic E-state index is 13.2. The predicted octanol–water partition coefficient (Wildman–Crippen LogP) is 3.76. The normalized spacial score (nSPS) is 11.9. The monoisotopic (exact) mass is 301 g/mol. The molecule has 0 N–H and O–H groups in total. The Labute approximate surface area is 126 Å². The van der Waals surface area contributed by atoms with Crippen molar-refractivity contribution in [2.24, 2.45) is 0 Å². The van der Waals surface area contributed by atoms with E-state index in [1.54, 1.807) is 12.1 Å². The summed E-state index contributed by atoms with van der Waals surface area (Å²) in [6.07, 6.45) is 0. The van der Waals surface area contributed by atoms with Gasteiger partial charge in [0, 0.05) is 22.3 Å². The molecular formula is C17H16FNOS. The van der Waals surface area contributed by atoms with E-state index < -0.39 is 16.6 Å². The van der Waals surface area contributed by atoms with Gasteiger partial charge in [-0.25, -0.2) is 4.39 Å². The Bertz CT molecular complexity index is 714. The smallest absolute Gasteiger partial charge is 0.140 e. The van der Waals surface area contributed by atoms with Crippen molar-refractivity contribution >= 4 is 10.8 Å². The molecule has 4 heteroatoms. The van der Waals surface area contributed by atoms with Crippen LogP contribution in [0.25, 0.3) is 0 Å². The number of aryl methyl sites for hydroxylation is 2. The molecule has 0 fully saturated rings. The van der Waals surface area contributed by atoms with E-state index >= 15 is 0 Å². The zero-order chi connectivity index (χ0) is 15.4. The lowest BCUT2D eigenvalue weighted by Gasteiger charge is -2.06. The lowest BCUT2D eigenvalue weighted by Crippen LogP contribution is -2.01. The van der Waals surface area contributed by atoms with Gasteiger partial charge in [-0.3, -0.25) is 4.21 Å². The Morgan fingerprint density at radius 3 is 2.29 bits per heavy atom. The summed E-state index contributed by atoms with van der Waals surface area (Å²) in [5.41, 5.74) is 4.05. The molecular weight excluding hydrogens is 285 g/mol. The van der Waals surface area contributed by atoms with Gasteiger partial charge in [0.1, 0.15) is 11.9 Å². The molecule has 0 bridgehead atoms.